The highest BCUT2D eigenvalue weighted by Gasteiger charge is 2.07. The van der Waals surface area contributed by atoms with Crippen LogP contribution < -0.4 is 10.1 Å². The summed E-state index contributed by atoms with van der Waals surface area (Å²) in [6, 6.07) is 11.8. The maximum atomic E-state index is 10.6. The van der Waals surface area contributed by atoms with E-state index < -0.39 is 12.6 Å². The number of anilines is 1. The topological polar surface area (TPSA) is 84.3 Å². The van der Waals surface area contributed by atoms with Crippen LogP contribution in [0.15, 0.2) is 36.4 Å². The van der Waals surface area contributed by atoms with E-state index in [0.29, 0.717) is 12.5 Å². The minimum Gasteiger partial charge on any atom is -0.479 e. The minimum atomic E-state index is -1.03. The van der Waals surface area contributed by atoms with Crippen molar-refractivity contribution in [2.75, 3.05) is 18.5 Å². The van der Waals surface area contributed by atoms with Gasteiger partial charge in [-0.1, -0.05) is 43.7 Å². The third-order valence-corrected chi connectivity index (χ3v) is 3.14. The van der Waals surface area contributed by atoms with Gasteiger partial charge in [0.15, 0.2) is 6.61 Å². The number of hydrogen-bond donors (Lipinski definition) is 2. The minimum absolute atomic E-state index is 0.285. The smallest absolute Gasteiger partial charge is 0.341 e. The molecule has 1 aromatic carbocycles. The molecule has 6 nitrogen and oxygen atoms in total. The second kappa shape index (κ2) is 8.73. The first kappa shape index (κ1) is 16.7. The van der Waals surface area contributed by atoms with E-state index in [1.807, 2.05) is 18.2 Å². The number of carbonyl (C=O) groups is 1. The monoisotopic (exact) mass is 315 g/mol. The van der Waals surface area contributed by atoms with Crippen molar-refractivity contribution in [3.05, 3.63) is 47.7 Å². The van der Waals surface area contributed by atoms with Crippen molar-refractivity contribution >= 4 is 11.9 Å². The standard InChI is InChI=1S/C17H21N3O3/c1-2-6-14-11-15(23-12-16(21)22)20-17(19-14)18-10-9-13-7-4-3-5-8-13/h3-5,7-8,11H,2,6,9-10,12H2,1H3,(H,21,22)(H,18,19,20). The van der Waals surface area contributed by atoms with Crippen molar-refractivity contribution in [3.8, 4) is 5.88 Å². The maximum Gasteiger partial charge on any atom is 0.341 e. The molecule has 0 aliphatic heterocycles. The fourth-order valence-corrected chi connectivity index (χ4v) is 2.11. The molecule has 2 aromatic rings. The first-order valence-electron chi connectivity index (χ1n) is 7.67. The molecule has 0 saturated carbocycles. The van der Waals surface area contributed by atoms with Gasteiger partial charge in [0.05, 0.1) is 0 Å². The SMILES string of the molecule is CCCc1cc(OCC(=O)O)nc(NCCc2ccccc2)n1. The summed E-state index contributed by atoms with van der Waals surface area (Å²) in [6.07, 6.45) is 2.59. The van der Waals surface area contributed by atoms with Crippen LogP contribution in [0.1, 0.15) is 24.6 Å². The van der Waals surface area contributed by atoms with Crippen molar-refractivity contribution in [2.45, 2.75) is 26.2 Å². The summed E-state index contributed by atoms with van der Waals surface area (Å²) in [5, 5.41) is 11.9. The van der Waals surface area contributed by atoms with Gasteiger partial charge in [0.2, 0.25) is 11.8 Å². The van der Waals surface area contributed by atoms with Gasteiger partial charge < -0.3 is 15.2 Å². The number of rotatable bonds is 9. The molecule has 1 aromatic heterocycles. The first-order chi connectivity index (χ1) is 11.2. The average molecular weight is 315 g/mol. The maximum absolute atomic E-state index is 10.6. The number of aromatic nitrogens is 2. The lowest BCUT2D eigenvalue weighted by atomic mass is 10.1. The van der Waals surface area contributed by atoms with Crippen molar-refractivity contribution in [1.29, 1.82) is 0 Å². The van der Waals surface area contributed by atoms with Crippen LogP contribution >= 0.6 is 0 Å². The van der Waals surface area contributed by atoms with Crippen LogP contribution in [0.5, 0.6) is 5.88 Å². The molecule has 0 aliphatic rings. The number of hydrogen-bond acceptors (Lipinski definition) is 5. The van der Waals surface area contributed by atoms with Crippen molar-refractivity contribution in [2.24, 2.45) is 0 Å². The molecule has 0 atom stereocenters. The third-order valence-electron chi connectivity index (χ3n) is 3.14. The Hall–Kier alpha value is -2.63. The molecular formula is C17H21N3O3. The van der Waals surface area contributed by atoms with Gasteiger partial charge in [-0.2, -0.15) is 4.98 Å². The zero-order chi connectivity index (χ0) is 16.5. The van der Waals surface area contributed by atoms with Gasteiger partial charge in [-0.05, 0) is 18.4 Å². The molecule has 23 heavy (non-hydrogen) atoms. The van der Waals surface area contributed by atoms with E-state index in [2.05, 4.69) is 34.3 Å². The van der Waals surface area contributed by atoms with Gasteiger partial charge in [-0.15, -0.1) is 0 Å². The number of ether oxygens (including phenoxy) is 1. The third kappa shape index (κ3) is 5.94. The Morgan fingerprint density at radius 1 is 1.22 bits per heavy atom. The Labute approximate surface area is 135 Å². The molecular weight excluding hydrogens is 294 g/mol. The molecule has 0 amide bonds. The van der Waals surface area contributed by atoms with Crippen LogP contribution in [0.2, 0.25) is 0 Å². The molecule has 0 aliphatic carbocycles. The summed E-state index contributed by atoms with van der Waals surface area (Å²) < 4.78 is 5.17. The predicted molar refractivity (Wildman–Crippen MR) is 87.8 cm³/mol. The highest BCUT2D eigenvalue weighted by atomic mass is 16.5. The summed E-state index contributed by atoms with van der Waals surface area (Å²) >= 11 is 0. The van der Waals surface area contributed by atoms with E-state index in [4.69, 9.17) is 9.84 Å². The van der Waals surface area contributed by atoms with E-state index in [1.165, 1.54) is 5.56 Å². The highest BCUT2D eigenvalue weighted by molar-refractivity contribution is 5.68. The number of aliphatic carboxylic acids is 1. The van der Waals surface area contributed by atoms with Gasteiger partial charge in [0.1, 0.15) is 0 Å². The van der Waals surface area contributed by atoms with E-state index >= 15 is 0 Å². The molecule has 0 unspecified atom stereocenters. The largest absolute Gasteiger partial charge is 0.479 e. The van der Waals surface area contributed by atoms with Crippen molar-refractivity contribution < 1.29 is 14.6 Å². The first-order valence-corrected chi connectivity index (χ1v) is 7.67. The number of carboxylic acids is 1. The van der Waals surface area contributed by atoms with Gasteiger partial charge in [-0.25, -0.2) is 9.78 Å². The summed E-state index contributed by atoms with van der Waals surface area (Å²) in [5.41, 5.74) is 2.07. The number of benzene rings is 1. The van der Waals surface area contributed by atoms with E-state index in [9.17, 15) is 4.79 Å². The summed E-state index contributed by atoms with van der Waals surface area (Å²) in [7, 11) is 0. The Morgan fingerprint density at radius 3 is 2.70 bits per heavy atom. The quantitative estimate of drug-likeness (QED) is 0.740. The molecule has 6 heteroatoms. The van der Waals surface area contributed by atoms with E-state index in [0.717, 1.165) is 25.0 Å². The van der Waals surface area contributed by atoms with Gasteiger partial charge in [0, 0.05) is 18.3 Å². The van der Waals surface area contributed by atoms with E-state index in [-0.39, 0.29) is 5.88 Å². The van der Waals surface area contributed by atoms with Crippen LogP contribution in [0.25, 0.3) is 0 Å². The molecule has 2 N–H and O–H groups in total. The Kier molecular flexibility index (Phi) is 6.35. The average Bonchev–Trinajstić information content (AvgIpc) is 2.54. The number of aryl methyl sites for hydroxylation is 1. The Balaban J connectivity index is 1.99. The van der Waals surface area contributed by atoms with Crippen molar-refractivity contribution in [3.63, 3.8) is 0 Å². The predicted octanol–water partition coefficient (Wildman–Crippen LogP) is 2.55. The van der Waals surface area contributed by atoms with Crippen molar-refractivity contribution in [1.82, 2.24) is 9.97 Å². The lowest BCUT2D eigenvalue weighted by Crippen LogP contribution is -2.13. The fourth-order valence-electron chi connectivity index (χ4n) is 2.11. The number of nitrogens with one attached hydrogen (secondary N) is 1. The van der Waals surface area contributed by atoms with Gasteiger partial charge >= 0.3 is 5.97 Å². The summed E-state index contributed by atoms with van der Waals surface area (Å²) in [4.78, 5) is 19.3. The molecule has 0 saturated heterocycles. The van der Waals surface area contributed by atoms with Crippen LogP contribution in [-0.4, -0.2) is 34.2 Å². The summed E-state index contributed by atoms with van der Waals surface area (Å²) in [5.74, 6) is -0.278. The molecule has 0 bridgehead atoms. The highest BCUT2D eigenvalue weighted by Crippen LogP contribution is 2.14. The van der Waals surface area contributed by atoms with Crippen LogP contribution in [0.4, 0.5) is 5.95 Å². The molecule has 0 radical (unpaired) electrons. The Bertz CT molecular complexity index is 632. The van der Waals surface area contributed by atoms with Gasteiger partial charge in [-0.3, -0.25) is 0 Å². The fraction of sp³-hybridized carbons (Fsp3) is 0.353. The molecule has 1 heterocycles. The second-order valence-corrected chi connectivity index (χ2v) is 5.12. The summed E-state index contributed by atoms with van der Waals surface area (Å²) in [6.45, 7) is 2.34. The van der Waals surface area contributed by atoms with Crippen LogP contribution in [0, 0.1) is 0 Å². The lowest BCUT2D eigenvalue weighted by molar-refractivity contribution is -0.139. The molecule has 122 valence electrons. The normalized spacial score (nSPS) is 10.3. The number of carboxylic acid groups (broad SMARTS) is 1. The zero-order valence-electron chi connectivity index (χ0n) is 13.2. The molecule has 2 rings (SSSR count). The lowest BCUT2D eigenvalue weighted by Gasteiger charge is -2.09. The molecule has 0 fully saturated rings. The van der Waals surface area contributed by atoms with Crippen LogP contribution in [-0.2, 0) is 17.6 Å². The molecule has 0 spiro atoms. The van der Waals surface area contributed by atoms with Gasteiger partial charge in [0.25, 0.3) is 0 Å². The van der Waals surface area contributed by atoms with Crippen LogP contribution in [0.3, 0.4) is 0 Å². The van der Waals surface area contributed by atoms with E-state index in [1.54, 1.807) is 6.07 Å². The number of nitrogens with zero attached hydrogens (tertiary/aromatic N) is 2. The Morgan fingerprint density at radius 2 is 2.00 bits per heavy atom. The second-order valence-electron chi connectivity index (χ2n) is 5.12. The zero-order valence-corrected chi connectivity index (χ0v) is 13.2.